The number of amides is 2. The van der Waals surface area contributed by atoms with Crippen LogP contribution in [0.2, 0.25) is 0 Å². The Hall–Kier alpha value is -1.26. The third kappa shape index (κ3) is 4.20. The normalized spacial score (nSPS) is 20.9. The van der Waals surface area contributed by atoms with E-state index in [0.29, 0.717) is 12.5 Å². The highest BCUT2D eigenvalue weighted by Gasteiger charge is 2.33. The molecule has 5 heteroatoms. The van der Waals surface area contributed by atoms with E-state index in [2.05, 4.69) is 10.6 Å². The smallest absolute Gasteiger partial charge is 0.315 e. The first kappa shape index (κ1) is 13.2. The summed E-state index contributed by atoms with van der Waals surface area (Å²) < 4.78 is 0. The number of carbonyl (C=O) groups is 2. The summed E-state index contributed by atoms with van der Waals surface area (Å²) >= 11 is 0. The highest BCUT2D eigenvalue weighted by atomic mass is 16.4. The molecule has 0 spiro atoms. The molecule has 2 amide bonds. The molecule has 2 aliphatic carbocycles. The number of carbonyl (C=O) groups excluding carboxylic acids is 1. The monoisotopic (exact) mass is 254 g/mol. The minimum Gasteiger partial charge on any atom is -0.481 e. The van der Waals surface area contributed by atoms with Crippen molar-refractivity contribution in [1.82, 2.24) is 10.6 Å². The second kappa shape index (κ2) is 6.07. The van der Waals surface area contributed by atoms with Gasteiger partial charge in [0.25, 0.3) is 0 Å². The first-order valence-electron chi connectivity index (χ1n) is 6.91. The lowest BCUT2D eigenvalue weighted by molar-refractivity contribution is -0.137. The molecule has 1 atom stereocenters. The Morgan fingerprint density at radius 2 is 1.94 bits per heavy atom. The van der Waals surface area contributed by atoms with Gasteiger partial charge in [-0.2, -0.15) is 0 Å². The molecule has 2 rings (SSSR count). The van der Waals surface area contributed by atoms with Crippen LogP contribution < -0.4 is 10.6 Å². The van der Waals surface area contributed by atoms with Gasteiger partial charge >= 0.3 is 12.0 Å². The lowest BCUT2D eigenvalue weighted by atomic mass is 9.83. The summed E-state index contributed by atoms with van der Waals surface area (Å²) in [4.78, 5) is 22.3. The van der Waals surface area contributed by atoms with E-state index < -0.39 is 5.97 Å². The zero-order chi connectivity index (χ0) is 13.0. The van der Waals surface area contributed by atoms with Crippen LogP contribution in [0, 0.1) is 11.8 Å². The van der Waals surface area contributed by atoms with E-state index in [0.717, 1.165) is 25.2 Å². The quantitative estimate of drug-likeness (QED) is 0.647. The minimum absolute atomic E-state index is 0.0285. The number of rotatable bonds is 7. The van der Waals surface area contributed by atoms with E-state index >= 15 is 0 Å². The van der Waals surface area contributed by atoms with Crippen LogP contribution >= 0.6 is 0 Å². The summed E-state index contributed by atoms with van der Waals surface area (Å²) in [6.07, 6.45) is 7.01. The van der Waals surface area contributed by atoms with E-state index in [-0.39, 0.29) is 18.5 Å². The molecule has 2 fully saturated rings. The minimum atomic E-state index is -0.846. The molecule has 3 N–H and O–H groups in total. The maximum absolute atomic E-state index is 11.6. The second-order valence-corrected chi connectivity index (χ2v) is 5.53. The van der Waals surface area contributed by atoms with Crippen molar-refractivity contribution < 1.29 is 14.7 Å². The Balaban J connectivity index is 1.62. The van der Waals surface area contributed by atoms with Crippen molar-refractivity contribution in [2.75, 3.05) is 6.54 Å². The standard InChI is InChI=1S/C13H22N2O3/c16-12(17)8-11(10-4-5-10)15-13(18)14-7-6-9-2-1-3-9/h9-11H,1-8H2,(H,16,17)(H2,14,15,18). The van der Waals surface area contributed by atoms with E-state index in [1.807, 2.05) is 0 Å². The fraction of sp³-hybridized carbons (Fsp3) is 0.846. The first-order chi connectivity index (χ1) is 8.65. The summed E-state index contributed by atoms with van der Waals surface area (Å²) in [6.45, 7) is 0.695. The SMILES string of the molecule is O=C(O)CC(NC(=O)NCCC1CCC1)C1CC1. The van der Waals surface area contributed by atoms with Crippen molar-refractivity contribution in [3.63, 3.8) is 0 Å². The Kier molecular flexibility index (Phi) is 4.44. The molecule has 0 radical (unpaired) electrons. The number of carboxylic acids is 1. The third-order valence-electron chi connectivity index (χ3n) is 3.96. The van der Waals surface area contributed by atoms with Crippen LogP contribution in [-0.4, -0.2) is 29.7 Å². The largest absolute Gasteiger partial charge is 0.481 e. The molecule has 0 bridgehead atoms. The molecule has 102 valence electrons. The van der Waals surface area contributed by atoms with Crippen LogP contribution in [0.25, 0.3) is 0 Å². The highest BCUT2D eigenvalue weighted by molar-refractivity contribution is 5.75. The van der Waals surface area contributed by atoms with Crippen LogP contribution in [0.15, 0.2) is 0 Å². The maximum Gasteiger partial charge on any atom is 0.315 e. The molecule has 2 saturated carbocycles. The van der Waals surface area contributed by atoms with Gasteiger partial charge in [0.1, 0.15) is 0 Å². The Morgan fingerprint density at radius 1 is 1.22 bits per heavy atom. The summed E-state index contributed by atoms with van der Waals surface area (Å²) in [6, 6.07) is -0.418. The molecule has 0 aromatic heterocycles. The van der Waals surface area contributed by atoms with Gasteiger partial charge in [0.05, 0.1) is 6.42 Å². The summed E-state index contributed by atoms with van der Waals surface area (Å²) in [5.74, 6) is 0.295. The van der Waals surface area contributed by atoms with Gasteiger partial charge in [-0.1, -0.05) is 19.3 Å². The van der Waals surface area contributed by atoms with Crippen molar-refractivity contribution >= 4 is 12.0 Å². The zero-order valence-corrected chi connectivity index (χ0v) is 10.7. The molecule has 0 aromatic carbocycles. The molecular formula is C13H22N2O3. The van der Waals surface area contributed by atoms with Gasteiger partial charge in [0, 0.05) is 12.6 Å². The van der Waals surface area contributed by atoms with Crippen molar-refractivity contribution in [1.29, 1.82) is 0 Å². The number of carboxylic acid groups (broad SMARTS) is 1. The van der Waals surface area contributed by atoms with Gasteiger partial charge < -0.3 is 15.7 Å². The van der Waals surface area contributed by atoms with Crippen molar-refractivity contribution in [3.05, 3.63) is 0 Å². The average Bonchev–Trinajstić information content (AvgIpc) is 3.03. The van der Waals surface area contributed by atoms with Crippen LogP contribution in [0.5, 0.6) is 0 Å². The lowest BCUT2D eigenvalue weighted by Crippen LogP contribution is -2.44. The van der Waals surface area contributed by atoms with Gasteiger partial charge in [-0.3, -0.25) is 4.79 Å². The average molecular weight is 254 g/mol. The number of nitrogens with one attached hydrogen (secondary N) is 2. The maximum atomic E-state index is 11.6. The van der Waals surface area contributed by atoms with Gasteiger partial charge in [-0.15, -0.1) is 0 Å². The lowest BCUT2D eigenvalue weighted by Gasteiger charge is -2.25. The fourth-order valence-corrected chi connectivity index (χ4v) is 2.41. The van der Waals surface area contributed by atoms with Crippen LogP contribution in [0.1, 0.15) is 44.9 Å². The molecule has 0 aromatic rings. The zero-order valence-electron chi connectivity index (χ0n) is 10.7. The van der Waals surface area contributed by atoms with Crippen molar-refractivity contribution in [2.24, 2.45) is 11.8 Å². The Bertz CT molecular complexity index is 311. The second-order valence-electron chi connectivity index (χ2n) is 5.53. The predicted molar refractivity (Wildman–Crippen MR) is 67.3 cm³/mol. The summed E-state index contributed by atoms with van der Waals surface area (Å²) in [7, 11) is 0. The van der Waals surface area contributed by atoms with Gasteiger partial charge in [0.2, 0.25) is 0 Å². The number of hydrogen-bond donors (Lipinski definition) is 3. The third-order valence-corrected chi connectivity index (χ3v) is 3.96. The van der Waals surface area contributed by atoms with Gasteiger partial charge in [0.15, 0.2) is 0 Å². The topological polar surface area (TPSA) is 78.4 Å². The number of hydrogen-bond acceptors (Lipinski definition) is 2. The van der Waals surface area contributed by atoms with Crippen LogP contribution in [-0.2, 0) is 4.79 Å². The molecule has 18 heavy (non-hydrogen) atoms. The van der Waals surface area contributed by atoms with E-state index in [4.69, 9.17) is 5.11 Å². The molecular weight excluding hydrogens is 232 g/mol. The van der Waals surface area contributed by atoms with E-state index in [1.165, 1.54) is 19.3 Å². The number of aliphatic carboxylic acids is 1. The summed E-state index contributed by atoms with van der Waals surface area (Å²) in [5, 5.41) is 14.4. The van der Waals surface area contributed by atoms with Crippen LogP contribution in [0.3, 0.4) is 0 Å². The van der Waals surface area contributed by atoms with Gasteiger partial charge in [-0.05, 0) is 31.1 Å². The molecule has 0 saturated heterocycles. The van der Waals surface area contributed by atoms with E-state index in [1.54, 1.807) is 0 Å². The fourth-order valence-electron chi connectivity index (χ4n) is 2.41. The molecule has 0 heterocycles. The van der Waals surface area contributed by atoms with Crippen LogP contribution in [0.4, 0.5) is 4.79 Å². The summed E-state index contributed by atoms with van der Waals surface area (Å²) in [5.41, 5.74) is 0. The predicted octanol–water partition coefficient (Wildman–Crippen LogP) is 1.73. The first-order valence-corrected chi connectivity index (χ1v) is 6.91. The van der Waals surface area contributed by atoms with Crippen molar-refractivity contribution in [3.8, 4) is 0 Å². The Labute approximate surface area is 107 Å². The number of urea groups is 1. The van der Waals surface area contributed by atoms with Crippen molar-refractivity contribution in [2.45, 2.75) is 51.0 Å². The molecule has 1 unspecified atom stereocenters. The molecule has 0 aliphatic heterocycles. The molecule has 5 nitrogen and oxygen atoms in total. The van der Waals surface area contributed by atoms with E-state index in [9.17, 15) is 9.59 Å². The Morgan fingerprint density at radius 3 is 2.44 bits per heavy atom. The van der Waals surface area contributed by atoms with Gasteiger partial charge in [-0.25, -0.2) is 4.79 Å². The highest BCUT2D eigenvalue weighted by Crippen LogP contribution is 2.34. The molecule has 2 aliphatic rings.